The Bertz CT molecular complexity index is 1180. The van der Waals surface area contributed by atoms with Crippen LogP contribution in [0.1, 0.15) is 23.8 Å². The number of fused-ring (bicyclic) bond motifs is 1. The molecular weight excluding hydrogens is 417 g/mol. The zero-order valence-electron chi connectivity index (χ0n) is 17.0. The first-order valence-electron chi connectivity index (χ1n) is 9.31. The summed E-state index contributed by atoms with van der Waals surface area (Å²) in [5.41, 5.74) is -0.0258. The fourth-order valence-electron chi connectivity index (χ4n) is 2.80. The van der Waals surface area contributed by atoms with Gasteiger partial charge >= 0.3 is 12.1 Å². The molecule has 0 aliphatic heterocycles. The molecule has 9 heteroatoms. The van der Waals surface area contributed by atoms with Gasteiger partial charge in [-0.25, -0.2) is 4.79 Å². The highest BCUT2D eigenvalue weighted by Crippen LogP contribution is 2.39. The predicted molar refractivity (Wildman–Crippen MR) is 106 cm³/mol. The highest BCUT2D eigenvalue weighted by molar-refractivity contribution is 5.80. The zero-order valence-corrected chi connectivity index (χ0v) is 17.0. The van der Waals surface area contributed by atoms with Crippen LogP contribution in [0.3, 0.4) is 0 Å². The molecule has 0 saturated carbocycles. The van der Waals surface area contributed by atoms with Gasteiger partial charge in [0.15, 0.2) is 6.61 Å². The summed E-state index contributed by atoms with van der Waals surface area (Å²) < 4.78 is 61.4. The van der Waals surface area contributed by atoms with Gasteiger partial charge in [0, 0.05) is 6.07 Å². The van der Waals surface area contributed by atoms with Crippen LogP contribution in [0.2, 0.25) is 0 Å². The van der Waals surface area contributed by atoms with Crippen molar-refractivity contribution in [1.82, 2.24) is 0 Å². The minimum atomic E-state index is -4.98. The lowest BCUT2D eigenvalue weighted by molar-refractivity contribution is -0.154. The van der Waals surface area contributed by atoms with Crippen LogP contribution in [-0.2, 0) is 15.7 Å². The van der Waals surface area contributed by atoms with Crippen LogP contribution < -0.4 is 14.9 Å². The van der Waals surface area contributed by atoms with E-state index >= 15 is 0 Å². The second-order valence-corrected chi connectivity index (χ2v) is 6.71. The highest BCUT2D eigenvalue weighted by atomic mass is 19.4. The number of carbonyl (C=O) groups excluding carboxylic acids is 1. The maximum Gasteiger partial charge on any atom is 0.453 e. The van der Waals surface area contributed by atoms with E-state index in [2.05, 4.69) is 0 Å². The third-order valence-corrected chi connectivity index (χ3v) is 4.30. The number of carbonyl (C=O) groups is 1. The lowest BCUT2D eigenvalue weighted by Crippen LogP contribution is -2.16. The molecule has 0 bridgehead atoms. The van der Waals surface area contributed by atoms with Crippen molar-refractivity contribution in [2.75, 3.05) is 13.2 Å². The first-order chi connectivity index (χ1) is 14.6. The monoisotopic (exact) mass is 436 g/mol. The number of esters is 1. The lowest BCUT2D eigenvalue weighted by atomic mass is 10.1. The first kappa shape index (κ1) is 22.2. The second-order valence-electron chi connectivity index (χ2n) is 6.71. The number of ether oxygens (including phenoxy) is 3. The van der Waals surface area contributed by atoms with Crippen molar-refractivity contribution in [3.63, 3.8) is 0 Å². The van der Waals surface area contributed by atoms with Crippen LogP contribution in [0, 0.1) is 13.8 Å². The van der Waals surface area contributed by atoms with E-state index in [0.29, 0.717) is 5.56 Å². The Hall–Kier alpha value is -3.49. The van der Waals surface area contributed by atoms with E-state index in [4.69, 9.17) is 18.6 Å². The molecule has 0 aliphatic carbocycles. The third-order valence-electron chi connectivity index (χ3n) is 4.30. The molecule has 1 aromatic heterocycles. The summed E-state index contributed by atoms with van der Waals surface area (Å²) >= 11 is 0. The van der Waals surface area contributed by atoms with Gasteiger partial charge in [0.2, 0.25) is 11.2 Å². The summed E-state index contributed by atoms with van der Waals surface area (Å²) in [6.45, 7) is 4.74. The quantitative estimate of drug-likeness (QED) is 0.497. The Morgan fingerprint density at radius 2 is 1.84 bits per heavy atom. The van der Waals surface area contributed by atoms with Gasteiger partial charge in [0.1, 0.15) is 17.1 Å². The van der Waals surface area contributed by atoms with Gasteiger partial charge in [-0.05, 0) is 50.1 Å². The van der Waals surface area contributed by atoms with E-state index in [0.717, 1.165) is 11.6 Å². The molecule has 0 saturated heterocycles. The largest absolute Gasteiger partial charge is 0.482 e. The van der Waals surface area contributed by atoms with Crippen molar-refractivity contribution in [2.24, 2.45) is 0 Å². The number of rotatable bonds is 6. The van der Waals surface area contributed by atoms with Crippen molar-refractivity contribution in [1.29, 1.82) is 0 Å². The Morgan fingerprint density at radius 1 is 1.10 bits per heavy atom. The average molecular weight is 436 g/mol. The molecule has 1 heterocycles. The number of aryl methyl sites for hydroxylation is 2. The number of hydrogen-bond donors (Lipinski definition) is 0. The molecule has 3 aromatic rings. The smallest absolute Gasteiger partial charge is 0.453 e. The van der Waals surface area contributed by atoms with Crippen LogP contribution in [0.4, 0.5) is 13.2 Å². The summed E-state index contributed by atoms with van der Waals surface area (Å²) in [5.74, 6) is -2.99. The lowest BCUT2D eigenvalue weighted by Gasteiger charge is -2.15. The summed E-state index contributed by atoms with van der Waals surface area (Å²) in [6, 6.07) is 8.67. The van der Waals surface area contributed by atoms with Crippen molar-refractivity contribution < 1.29 is 36.6 Å². The van der Waals surface area contributed by atoms with E-state index in [9.17, 15) is 22.8 Å². The molecule has 31 heavy (non-hydrogen) atoms. The van der Waals surface area contributed by atoms with Crippen molar-refractivity contribution >= 4 is 16.9 Å². The fourth-order valence-corrected chi connectivity index (χ4v) is 2.80. The highest BCUT2D eigenvalue weighted by Gasteiger charge is 2.40. The van der Waals surface area contributed by atoms with Crippen LogP contribution in [0.25, 0.3) is 11.0 Å². The molecule has 2 aromatic carbocycles. The summed E-state index contributed by atoms with van der Waals surface area (Å²) in [4.78, 5) is 24.3. The van der Waals surface area contributed by atoms with Crippen molar-refractivity contribution in [3.8, 4) is 17.2 Å². The molecule has 0 atom stereocenters. The first-order valence-corrected chi connectivity index (χ1v) is 9.31. The Kier molecular flexibility index (Phi) is 6.24. The number of halogens is 3. The Labute approximate surface area is 175 Å². The molecule has 0 spiro atoms. The van der Waals surface area contributed by atoms with E-state index in [1.807, 2.05) is 0 Å². The molecule has 0 amide bonds. The maximum absolute atomic E-state index is 13.7. The van der Waals surface area contributed by atoms with Crippen LogP contribution in [0.15, 0.2) is 45.6 Å². The molecule has 0 radical (unpaired) electrons. The van der Waals surface area contributed by atoms with Crippen LogP contribution in [-0.4, -0.2) is 19.2 Å². The molecule has 0 fully saturated rings. The van der Waals surface area contributed by atoms with Crippen molar-refractivity contribution in [2.45, 2.75) is 26.9 Å². The number of hydrogen-bond acceptors (Lipinski definition) is 6. The molecular formula is C22H19F3O6. The van der Waals surface area contributed by atoms with Gasteiger partial charge in [-0.3, -0.25) is 4.79 Å². The molecule has 0 N–H and O–H groups in total. The average Bonchev–Trinajstić information content (AvgIpc) is 2.70. The summed E-state index contributed by atoms with van der Waals surface area (Å²) in [5, 5.41) is -0.128. The maximum atomic E-state index is 13.7. The third kappa shape index (κ3) is 4.99. The number of benzene rings is 2. The van der Waals surface area contributed by atoms with Gasteiger partial charge in [-0.15, -0.1) is 0 Å². The second kappa shape index (κ2) is 8.71. The minimum Gasteiger partial charge on any atom is -0.482 e. The predicted octanol–water partition coefficient (Wildman–Crippen LogP) is 5.16. The van der Waals surface area contributed by atoms with Gasteiger partial charge in [-0.2, -0.15) is 13.2 Å². The summed E-state index contributed by atoms with van der Waals surface area (Å²) in [6.07, 6.45) is -4.98. The molecule has 6 nitrogen and oxygen atoms in total. The number of alkyl halides is 3. The van der Waals surface area contributed by atoms with Gasteiger partial charge < -0.3 is 18.6 Å². The van der Waals surface area contributed by atoms with E-state index in [1.54, 1.807) is 32.9 Å². The standard InChI is InChI=1S/C22H19F3O6/c1-4-28-18(26)11-29-14-7-8-15-17(10-14)31-21(22(23,24)25)20(19(15)27)30-16-9-12(2)5-6-13(16)3/h5-10H,4,11H2,1-3H3. The Morgan fingerprint density at radius 3 is 2.52 bits per heavy atom. The van der Waals surface area contributed by atoms with E-state index < -0.39 is 35.7 Å². The van der Waals surface area contributed by atoms with Crippen LogP contribution in [0.5, 0.6) is 17.2 Å². The van der Waals surface area contributed by atoms with E-state index in [-0.39, 0.29) is 29.1 Å². The SMILES string of the molecule is CCOC(=O)COc1ccc2c(=O)c(Oc3cc(C)ccc3C)c(C(F)(F)F)oc2c1. The van der Waals surface area contributed by atoms with Gasteiger partial charge in [0.05, 0.1) is 12.0 Å². The van der Waals surface area contributed by atoms with Gasteiger partial charge in [0.25, 0.3) is 5.76 Å². The van der Waals surface area contributed by atoms with Crippen molar-refractivity contribution in [3.05, 3.63) is 63.5 Å². The zero-order chi connectivity index (χ0) is 22.8. The van der Waals surface area contributed by atoms with E-state index in [1.165, 1.54) is 18.2 Å². The minimum absolute atomic E-state index is 0.0417. The van der Waals surface area contributed by atoms with Crippen LogP contribution >= 0.6 is 0 Å². The fraction of sp³-hybridized carbons (Fsp3) is 0.273. The topological polar surface area (TPSA) is 75.0 Å². The molecule has 164 valence electrons. The molecule has 3 rings (SSSR count). The normalized spacial score (nSPS) is 11.4. The molecule has 0 aliphatic rings. The molecule has 0 unspecified atom stereocenters. The Balaban J connectivity index is 2.07. The summed E-state index contributed by atoms with van der Waals surface area (Å²) in [7, 11) is 0. The van der Waals surface area contributed by atoms with Gasteiger partial charge in [-0.1, -0.05) is 12.1 Å².